The van der Waals surface area contributed by atoms with Crippen LogP contribution >= 0.6 is 11.6 Å². The van der Waals surface area contributed by atoms with Crippen molar-refractivity contribution in [2.45, 2.75) is 65.8 Å². The molecule has 0 spiro atoms. The summed E-state index contributed by atoms with van der Waals surface area (Å²) >= 11 is 5.98. The number of pyridine rings is 4. The van der Waals surface area contributed by atoms with Crippen LogP contribution in [0.25, 0.3) is 39.5 Å². The Kier molecular flexibility index (Phi) is 18.7. The SMILES string of the molecule is Cc1ncc(N)cc1-c1cc(N2CCOCC2)c2nccn2n1.Cc1ncc(N)cc1B1OC(C)(C)C(C)(C)O1.Cc1ncc(NC(=O)c2cc(C(F)(F)F)ccn2)cc1-c1cc(N2CCOCC2)c2nccn2n1.Clc1cc(N2CCOCC2)c2nccn2n1. The number of hydrogen-bond donors (Lipinski definition) is 3. The highest BCUT2D eigenvalue weighted by Gasteiger charge is 2.52. The van der Waals surface area contributed by atoms with Crippen LogP contribution in [0.15, 0.2) is 110 Å². The van der Waals surface area contributed by atoms with Crippen molar-refractivity contribution in [3.8, 4) is 22.5 Å². The number of aryl methyl sites for hydroxylation is 3. The molecule has 4 fully saturated rings. The molecule has 30 heteroatoms. The largest absolute Gasteiger partial charge is 0.496 e. The summed E-state index contributed by atoms with van der Waals surface area (Å²) in [6, 6.07) is 12.8. The van der Waals surface area contributed by atoms with Crippen LogP contribution in [0.2, 0.25) is 5.15 Å². The van der Waals surface area contributed by atoms with Crippen LogP contribution in [0.5, 0.6) is 0 Å². The molecule has 4 aliphatic heterocycles. The smallest absolute Gasteiger partial charge is 0.399 e. The van der Waals surface area contributed by atoms with Gasteiger partial charge in [-0.1, -0.05) is 11.6 Å². The van der Waals surface area contributed by atoms with E-state index in [9.17, 15) is 18.0 Å². The third-order valence-electron chi connectivity index (χ3n) is 16.0. The second-order valence-electron chi connectivity index (χ2n) is 22.7. The lowest BCUT2D eigenvalue weighted by molar-refractivity contribution is -0.137. The van der Waals surface area contributed by atoms with Crippen molar-refractivity contribution in [3.63, 3.8) is 0 Å². The molecule has 0 saturated carbocycles. The van der Waals surface area contributed by atoms with E-state index in [0.29, 0.717) is 77.2 Å². The number of alkyl halides is 3. The Morgan fingerprint density at radius 3 is 1.49 bits per heavy atom. The van der Waals surface area contributed by atoms with E-state index in [0.717, 1.165) is 121 Å². The molecular formula is C61H68BClF3N19O6. The highest BCUT2D eigenvalue weighted by Crippen LogP contribution is 2.37. The van der Waals surface area contributed by atoms with Crippen molar-refractivity contribution in [2.75, 3.05) is 110 Å². The van der Waals surface area contributed by atoms with Crippen molar-refractivity contribution in [1.29, 1.82) is 0 Å². The quantitative estimate of drug-likeness (QED) is 0.123. The Morgan fingerprint density at radius 2 is 1.00 bits per heavy atom. The second kappa shape index (κ2) is 26.8. The number of carbonyl (C=O) groups excluding carboxylic acids is 1. The number of nitrogens with one attached hydrogen (secondary N) is 1. The number of anilines is 6. The number of fused-ring (bicyclic) bond motifs is 3. The first-order valence-electron chi connectivity index (χ1n) is 29.4. The normalized spacial score (nSPS) is 16.4. The fourth-order valence-electron chi connectivity index (χ4n) is 10.4. The highest BCUT2D eigenvalue weighted by molar-refractivity contribution is 6.62. The van der Waals surface area contributed by atoms with Crippen molar-refractivity contribution in [1.82, 2.24) is 63.7 Å². The number of nitrogens with zero attached hydrogens (tertiary/aromatic N) is 16. The topological polar surface area (TPSA) is 279 Å². The lowest BCUT2D eigenvalue weighted by Crippen LogP contribution is -2.41. The first kappa shape index (κ1) is 63.4. The average molecular weight is 1270 g/mol. The summed E-state index contributed by atoms with van der Waals surface area (Å²) in [5, 5.41) is 16.5. The van der Waals surface area contributed by atoms with Crippen LogP contribution in [-0.2, 0) is 29.7 Å². The maximum absolute atomic E-state index is 13.0. The van der Waals surface area contributed by atoms with Crippen LogP contribution in [0, 0.1) is 20.8 Å². The number of halogens is 4. The molecule has 0 unspecified atom stereocenters. The number of amides is 1. The van der Waals surface area contributed by atoms with Crippen LogP contribution in [0.4, 0.5) is 47.3 Å². The number of ether oxygens (including phenoxy) is 3. The fraction of sp³-hybridized carbons (Fsp3) is 0.361. The first-order valence-corrected chi connectivity index (χ1v) is 29.8. The van der Waals surface area contributed by atoms with Gasteiger partial charge in [0.2, 0.25) is 0 Å². The fourth-order valence-corrected chi connectivity index (χ4v) is 10.6. The molecule has 1 amide bonds. The summed E-state index contributed by atoms with van der Waals surface area (Å²) in [6.45, 7) is 22.8. The Balaban J connectivity index is 0.000000131. The minimum absolute atomic E-state index is 0.301. The van der Waals surface area contributed by atoms with Gasteiger partial charge in [-0.25, -0.2) is 28.5 Å². The van der Waals surface area contributed by atoms with Gasteiger partial charge in [0.1, 0.15) is 5.69 Å². The zero-order valence-corrected chi connectivity index (χ0v) is 52.0. The number of aromatic nitrogens is 13. The molecule has 0 aromatic carbocycles. The molecule has 10 aromatic heterocycles. The van der Waals surface area contributed by atoms with Crippen LogP contribution in [0.1, 0.15) is 60.8 Å². The van der Waals surface area contributed by atoms with Gasteiger partial charge < -0.3 is 55.0 Å². The van der Waals surface area contributed by atoms with Crippen molar-refractivity contribution < 1.29 is 41.5 Å². The van der Waals surface area contributed by atoms with E-state index in [1.807, 2.05) is 83.4 Å². The summed E-state index contributed by atoms with van der Waals surface area (Å²) < 4.78 is 72.4. The average Bonchev–Trinajstić information content (AvgIpc) is 2.23. The highest BCUT2D eigenvalue weighted by atomic mass is 35.5. The molecule has 474 valence electrons. The first-order chi connectivity index (χ1) is 43.6. The lowest BCUT2D eigenvalue weighted by atomic mass is 9.78. The maximum Gasteiger partial charge on any atom is 0.496 e. The molecule has 10 aromatic rings. The molecule has 4 aliphatic rings. The standard InChI is InChI=1S/C23H20F3N7O2.C16H18N6O.C12H19BN2O2.C10H11ClN4O/c1-14-17(18-12-20(32-6-8-35-9-7-32)21-28-4-5-33(21)31-18)11-16(13-29-14)30-22(34)19-10-15(2-3-27-19)23(24,25)26;1-11-13(8-12(17)10-19-11)14-9-15(21-4-6-23-7-5-21)16-18-2-3-22(16)20-14;1-8-10(6-9(14)7-15-8)13-16-11(2,3)12(4,5)17-13;11-9-7-8(14-3-5-16-6-4-14)10-12-1-2-15(10)13-9/h2-5,10-13H,6-9H2,1H3,(H,30,34);2-3,8-10H,4-7,17H2,1H3;6-7H,14H2,1-5H3;1-2,7H,3-6H2. The predicted octanol–water partition coefficient (Wildman–Crippen LogP) is 7.61. The number of hydrogen-bond acceptors (Lipinski definition) is 21. The molecule has 14 rings (SSSR count). The Bertz CT molecular complexity index is 4210. The van der Waals surface area contributed by atoms with Gasteiger partial charge in [0.15, 0.2) is 22.1 Å². The van der Waals surface area contributed by atoms with Gasteiger partial charge in [0.05, 0.1) is 109 Å². The van der Waals surface area contributed by atoms with E-state index >= 15 is 0 Å². The molecule has 0 aliphatic carbocycles. The lowest BCUT2D eigenvalue weighted by Gasteiger charge is -2.32. The van der Waals surface area contributed by atoms with Crippen molar-refractivity contribution in [3.05, 3.63) is 144 Å². The van der Waals surface area contributed by atoms with Crippen molar-refractivity contribution >= 4 is 81.2 Å². The predicted molar refractivity (Wildman–Crippen MR) is 340 cm³/mol. The number of morpholine rings is 3. The van der Waals surface area contributed by atoms with Gasteiger partial charge in [0.25, 0.3) is 5.91 Å². The third-order valence-corrected chi connectivity index (χ3v) is 16.2. The maximum atomic E-state index is 13.0. The van der Waals surface area contributed by atoms with Crippen LogP contribution in [-0.4, -0.2) is 167 Å². The molecule has 91 heavy (non-hydrogen) atoms. The summed E-state index contributed by atoms with van der Waals surface area (Å²) in [4.78, 5) is 49.2. The van der Waals surface area contributed by atoms with Gasteiger partial charge >= 0.3 is 13.3 Å². The monoisotopic (exact) mass is 1270 g/mol. The zero-order valence-electron chi connectivity index (χ0n) is 51.2. The molecular weight excluding hydrogens is 1200 g/mol. The van der Waals surface area contributed by atoms with E-state index in [-0.39, 0.29) is 16.9 Å². The summed E-state index contributed by atoms with van der Waals surface area (Å²) in [5.41, 5.74) is 23.0. The van der Waals surface area contributed by atoms with Gasteiger partial charge in [-0.2, -0.15) is 28.5 Å². The molecule has 0 radical (unpaired) electrons. The summed E-state index contributed by atoms with van der Waals surface area (Å²) in [6.07, 6.45) is 11.7. The number of rotatable bonds is 8. The zero-order chi connectivity index (χ0) is 64.2. The van der Waals surface area contributed by atoms with E-state index in [2.05, 4.69) is 76.3 Å². The number of nitrogen functional groups attached to an aromatic ring is 2. The summed E-state index contributed by atoms with van der Waals surface area (Å²) in [5.74, 6) is -0.778. The van der Waals surface area contributed by atoms with Gasteiger partial charge in [0, 0.05) is 134 Å². The van der Waals surface area contributed by atoms with E-state index in [4.69, 9.17) is 46.6 Å². The van der Waals surface area contributed by atoms with E-state index < -0.39 is 24.8 Å². The molecule has 0 bridgehead atoms. The minimum Gasteiger partial charge on any atom is -0.399 e. The van der Waals surface area contributed by atoms with E-state index in [1.165, 1.54) is 6.20 Å². The number of carbonyl (C=O) groups is 1. The Morgan fingerprint density at radius 1 is 0.560 bits per heavy atom. The van der Waals surface area contributed by atoms with Crippen LogP contribution < -0.4 is 36.9 Å². The van der Waals surface area contributed by atoms with Gasteiger partial charge in [-0.15, -0.1) is 0 Å². The molecule has 4 saturated heterocycles. The number of nitrogens with two attached hydrogens (primary N) is 2. The molecule has 0 atom stereocenters. The van der Waals surface area contributed by atoms with Crippen LogP contribution in [0.3, 0.4) is 0 Å². The van der Waals surface area contributed by atoms with E-state index in [1.54, 1.807) is 58.5 Å². The molecule has 5 N–H and O–H groups in total. The molecule has 14 heterocycles. The molecule has 25 nitrogen and oxygen atoms in total. The summed E-state index contributed by atoms with van der Waals surface area (Å²) in [7, 11) is -0.393. The third kappa shape index (κ3) is 14.4. The Hall–Kier alpha value is -9.13. The number of imidazole rings is 3. The van der Waals surface area contributed by atoms with Gasteiger partial charge in [-0.05, 0) is 90.9 Å². The Labute approximate surface area is 527 Å². The van der Waals surface area contributed by atoms with Gasteiger partial charge in [-0.3, -0.25) is 24.7 Å². The minimum atomic E-state index is -4.58. The van der Waals surface area contributed by atoms with Crippen molar-refractivity contribution in [2.24, 2.45) is 0 Å². The second-order valence-corrected chi connectivity index (χ2v) is 23.1.